The van der Waals surface area contributed by atoms with Crippen LogP contribution in [0.5, 0.6) is 0 Å². The molecule has 0 saturated carbocycles. The second kappa shape index (κ2) is 10.00. The van der Waals surface area contributed by atoms with Crippen LogP contribution >= 0.6 is 11.6 Å². The zero-order valence-corrected chi connectivity index (χ0v) is 21.4. The molecule has 3 fully saturated rings. The normalized spacial score (nSPS) is 31.2. The minimum Gasteiger partial charge on any atom is -0.465 e. The Morgan fingerprint density at radius 1 is 1.33 bits per heavy atom. The summed E-state index contributed by atoms with van der Waals surface area (Å²) in [5, 5.41) is 10.4. The Balaban J connectivity index is 1.79. The zero-order chi connectivity index (χ0) is 26.3. The lowest BCUT2D eigenvalue weighted by molar-refractivity contribution is -0.160. The highest BCUT2D eigenvalue weighted by Gasteiger charge is 2.79. The molecule has 3 aliphatic heterocycles. The predicted molar refractivity (Wildman–Crippen MR) is 135 cm³/mol. The first kappa shape index (κ1) is 26.4. The first-order chi connectivity index (χ1) is 17.2. The van der Waals surface area contributed by atoms with E-state index in [9.17, 15) is 19.5 Å². The summed E-state index contributed by atoms with van der Waals surface area (Å²) in [6.07, 6.45) is 4.64. The molecule has 194 valence electrons. The number of amides is 2. The molecule has 4 rings (SSSR count). The van der Waals surface area contributed by atoms with Crippen molar-refractivity contribution in [2.24, 2.45) is 11.8 Å². The van der Waals surface area contributed by atoms with Crippen LogP contribution in [0, 0.1) is 11.8 Å². The molecule has 3 aliphatic rings. The number of hydrogen-bond donors (Lipinski definition) is 1. The summed E-state index contributed by atoms with van der Waals surface area (Å²) >= 11 is 6.45. The van der Waals surface area contributed by atoms with Gasteiger partial charge in [-0.1, -0.05) is 35.9 Å². The van der Waals surface area contributed by atoms with Gasteiger partial charge < -0.3 is 24.4 Å². The maximum Gasteiger partial charge on any atom is 0.312 e. The number of anilines is 1. The van der Waals surface area contributed by atoms with Crippen molar-refractivity contribution >= 4 is 35.1 Å². The number of carbonyl (C=O) groups is 3. The molecule has 1 aromatic rings. The van der Waals surface area contributed by atoms with E-state index in [1.165, 1.54) is 9.80 Å². The van der Waals surface area contributed by atoms with Gasteiger partial charge in [0.25, 0.3) is 5.91 Å². The first-order valence-corrected chi connectivity index (χ1v) is 12.6. The quantitative estimate of drug-likeness (QED) is 0.291. The average molecular weight is 517 g/mol. The summed E-state index contributed by atoms with van der Waals surface area (Å²) in [6.45, 7) is 10.9. The van der Waals surface area contributed by atoms with Crippen LogP contribution in [0.4, 0.5) is 5.69 Å². The number of aliphatic hydroxyl groups is 1. The molecule has 36 heavy (non-hydrogen) atoms. The van der Waals surface area contributed by atoms with E-state index in [0.717, 1.165) is 0 Å². The molecule has 2 amide bonds. The number of fused-ring (bicyclic) bond motifs is 1. The number of para-hydroxylation sites is 1. The van der Waals surface area contributed by atoms with Crippen molar-refractivity contribution < 1.29 is 29.0 Å². The summed E-state index contributed by atoms with van der Waals surface area (Å²) in [6, 6.07) is 5.22. The average Bonchev–Trinajstić information content (AvgIpc) is 3.43. The van der Waals surface area contributed by atoms with Gasteiger partial charge in [-0.2, -0.15) is 0 Å². The molecule has 0 radical (unpaired) electrons. The smallest absolute Gasteiger partial charge is 0.312 e. The van der Waals surface area contributed by atoms with Gasteiger partial charge in [0.15, 0.2) is 0 Å². The SMILES string of the molecule is C=CCCOC(=O)[C@H]1[C@H]2C(=O)N([C@H](C)CO)C(C(=O)N(CC=C)c3ccccc3Cl)C23CC[C@]1(C)O3. The van der Waals surface area contributed by atoms with Gasteiger partial charge in [-0.05, 0) is 45.2 Å². The van der Waals surface area contributed by atoms with Crippen molar-refractivity contribution in [3.05, 3.63) is 54.6 Å². The van der Waals surface area contributed by atoms with Crippen molar-refractivity contribution in [1.29, 1.82) is 0 Å². The molecular weight excluding hydrogens is 484 g/mol. The number of aliphatic hydroxyl groups excluding tert-OH is 1. The highest BCUT2D eigenvalue weighted by molar-refractivity contribution is 6.34. The number of halogens is 1. The fraction of sp³-hybridized carbons (Fsp3) is 0.519. The molecule has 8 nitrogen and oxygen atoms in total. The number of carbonyl (C=O) groups excluding carboxylic acids is 3. The molecule has 9 heteroatoms. The summed E-state index contributed by atoms with van der Waals surface area (Å²) in [5.74, 6) is -3.06. The largest absolute Gasteiger partial charge is 0.465 e. The molecular formula is C27H33ClN2O6. The van der Waals surface area contributed by atoms with E-state index < -0.39 is 47.0 Å². The molecule has 1 aromatic carbocycles. The third kappa shape index (κ3) is 3.96. The van der Waals surface area contributed by atoms with E-state index in [1.54, 1.807) is 43.3 Å². The second-order valence-corrected chi connectivity index (χ2v) is 10.3. The lowest BCUT2D eigenvalue weighted by Crippen LogP contribution is -2.58. The fourth-order valence-electron chi connectivity index (χ4n) is 6.15. The third-order valence-corrected chi connectivity index (χ3v) is 8.05. The van der Waals surface area contributed by atoms with Crippen LogP contribution in [0.2, 0.25) is 5.02 Å². The van der Waals surface area contributed by atoms with E-state index in [4.69, 9.17) is 21.1 Å². The van der Waals surface area contributed by atoms with Crippen LogP contribution in [-0.2, 0) is 23.9 Å². The Kier molecular flexibility index (Phi) is 7.33. The summed E-state index contributed by atoms with van der Waals surface area (Å²) in [4.78, 5) is 44.4. The number of likely N-dealkylation sites (tertiary alicyclic amines) is 1. The summed E-state index contributed by atoms with van der Waals surface area (Å²) in [5.41, 5.74) is -1.69. The van der Waals surface area contributed by atoms with Gasteiger partial charge in [0, 0.05) is 6.54 Å². The van der Waals surface area contributed by atoms with E-state index >= 15 is 0 Å². The van der Waals surface area contributed by atoms with Crippen LogP contribution < -0.4 is 4.90 Å². The standard InChI is InChI=1S/C27H33ClN2O6/c1-5-7-15-35-25(34)21-20-23(32)30(17(3)16-31)22(27(20)13-12-26(21,4)36-27)24(33)29(14-6-2)19-11-9-8-10-18(19)28/h5-6,8-11,17,20-22,31H,1-2,7,12-16H2,3-4H3/t17-,20+,21-,22?,26+,27?/m1/s1. The minimum absolute atomic E-state index is 0.152. The van der Waals surface area contributed by atoms with E-state index in [1.807, 2.05) is 6.92 Å². The molecule has 0 aliphatic carbocycles. The molecule has 2 unspecified atom stereocenters. The van der Waals surface area contributed by atoms with Crippen LogP contribution in [0.15, 0.2) is 49.6 Å². The van der Waals surface area contributed by atoms with Crippen LogP contribution in [0.1, 0.15) is 33.1 Å². The number of nitrogens with zero attached hydrogens (tertiary/aromatic N) is 2. The number of rotatable bonds is 10. The maximum atomic E-state index is 14.3. The van der Waals surface area contributed by atoms with Gasteiger partial charge >= 0.3 is 5.97 Å². The minimum atomic E-state index is -1.23. The number of esters is 1. The van der Waals surface area contributed by atoms with Gasteiger partial charge in [-0.15, -0.1) is 13.2 Å². The lowest BCUT2D eigenvalue weighted by Gasteiger charge is -2.38. The van der Waals surface area contributed by atoms with Crippen LogP contribution in [0.3, 0.4) is 0 Å². The van der Waals surface area contributed by atoms with Crippen molar-refractivity contribution in [1.82, 2.24) is 4.90 Å². The van der Waals surface area contributed by atoms with E-state index in [0.29, 0.717) is 30.0 Å². The first-order valence-electron chi connectivity index (χ1n) is 12.2. The van der Waals surface area contributed by atoms with Crippen molar-refractivity contribution in [3.8, 4) is 0 Å². The second-order valence-electron chi connectivity index (χ2n) is 9.94. The Morgan fingerprint density at radius 3 is 2.69 bits per heavy atom. The highest BCUT2D eigenvalue weighted by Crippen LogP contribution is 2.63. The van der Waals surface area contributed by atoms with Crippen LogP contribution in [-0.4, -0.2) is 70.8 Å². The van der Waals surface area contributed by atoms with Crippen molar-refractivity contribution in [2.75, 3.05) is 24.7 Å². The van der Waals surface area contributed by atoms with Gasteiger partial charge in [0.05, 0.1) is 41.5 Å². The Morgan fingerprint density at radius 2 is 2.06 bits per heavy atom. The van der Waals surface area contributed by atoms with Gasteiger partial charge in [-0.25, -0.2) is 0 Å². The van der Waals surface area contributed by atoms with Crippen molar-refractivity contribution in [2.45, 2.75) is 56.4 Å². The molecule has 1 spiro atoms. The zero-order valence-electron chi connectivity index (χ0n) is 20.7. The maximum absolute atomic E-state index is 14.3. The Labute approximate surface area is 216 Å². The van der Waals surface area contributed by atoms with Crippen LogP contribution in [0.25, 0.3) is 0 Å². The third-order valence-electron chi connectivity index (χ3n) is 7.73. The number of benzene rings is 1. The summed E-state index contributed by atoms with van der Waals surface area (Å²) in [7, 11) is 0. The number of ether oxygens (including phenoxy) is 2. The van der Waals surface area contributed by atoms with Gasteiger partial charge in [-0.3, -0.25) is 14.4 Å². The Hall–Kier alpha value is -2.68. The predicted octanol–water partition coefficient (Wildman–Crippen LogP) is 3.12. The molecule has 1 N–H and O–H groups in total. The highest BCUT2D eigenvalue weighted by atomic mass is 35.5. The Bertz CT molecular complexity index is 1080. The van der Waals surface area contributed by atoms with E-state index in [-0.39, 0.29) is 25.7 Å². The topological polar surface area (TPSA) is 96.4 Å². The molecule has 3 heterocycles. The molecule has 6 atom stereocenters. The monoisotopic (exact) mass is 516 g/mol. The molecule has 3 saturated heterocycles. The summed E-state index contributed by atoms with van der Waals surface area (Å²) < 4.78 is 12.1. The van der Waals surface area contributed by atoms with Crippen molar-refractivity contribution in [3.63, 3.8) is 0 Å². The van der Waals surface area contributed by atoms with Gasteiger partial charge in [0.1, 0.15) is 17.6 Å². The molecule has 2 bridgehead atoms. The molecule has 0 aromatic heterocycles. The fourth-order valence-corrected chi connectivity index (χ4v) is 6.39. The number of hydrogen-bond acceptors (Lipinski definition) is 6. The lowest BCUT2D eigenvalue weighted by atomic mass is 9.66. The van der Waals surface area contributed by atoms with E-state index in [2.05, 4.69) is 13.2 Å². The van der Waals surface area contributed by atoms with Gasteiger partial charge in [0.2, 0.25) is 5.91 Å².